The SMILES string of the molecule is COc1ccc(C)cc1N(CC(=O)NC(C)CC(C)(C)c1ccccc1)S(=O)(=O)c1ccccc1. The quantitative estimate of drug-likeness (QED) is 0.427. The van der Waals surface area contributed by atoms with Gasteiger partial charge < -0.3 is 10.1 Å². The number of carbonyl (C=O) groups is 1. The molecule has 0 aliphatic carbocycles. The van der Waals surface area contributed by atoms with Crippen LogP contribution in [0.4, 0.5) is 5.69 Å². The minimum Gasteiger partial charge on any atom is -0.495 e. The van der Waals surface area contributed by atoms with Crippen molar-refractivity contribution in [2.75, 3.05) is 18.0 Å². The van der Waals surface area contributed by atoms with Gasteiger partial charge in [0.2, 0.25) is 5.91 Å². The van der Waals surface area contributed by atoms with Crippen molar-refractivity contribution in [2.24, 2.45) is 0 Å². The molecule has 186 valence electrons. The smallest absolute Gasteiger partial charge is 0.264 e. The number of hydrogen-bond acceptors (Lipinski definition) is 4. The fourth-order valence-electron chi connectivity index (χ4n) is 4.29. The first-order valence-electron chi connectivity index (χ1n) is 11.6. The Hall–Kier alpha value is -3.32. The van der Waals surface area contributed by atoms with Crippen molar-refractivity contribution >= 4 is 21.6 Å². The van der Waals surface area contributed by atoms with Crippen LogP contribution in [0.15, 0.2) is 83.8 Å². The van der Waals surface area contributed by atoms with E-state index in [1.165, 1.54) is 24.8 Å². The Morgan fingerprint density at radius 1 is 1.00 bits per heavy atom. The Balaban J connectivity index is 1.87. The van der Waals surface area contributed by atoms with Crippen LogP contribution in [-0.2, 0) is 20.2 Å². The molecule has 0 heterocycles. The van der Waals surface area contributed by atoms with E-state index in [1.807, 2.05) is 38.1 Å². The number of anilines is 1. The Labute approximate surface area is 209 Å². The lowest BCUT2D eigenvalue weighted by Crippen LogP contribution is -2.45. The van der Waals surface area contributed by atoms with Gasteiger partial charge in [-0.1, -0.05) is 68.4 Å². The summed E-state index contributed by atoms with van der Waals surface area (Å²) in [5, 5.41) is 3.00. The summed E-state index contributed by atoms with van der Waals surface area (Å²) in [6.45, 7) is 7.70. The van der Waals surface area contributed by atoms with Crippen molar-refractivity contribution in [3.63, 3.8) is 0 Å². The lowest BCUT2D eigenvalue weighted by Gasteiger charge is -2.30. The van der Waals surface area contributed by atoms with Gasteiger partial charge in [0.05, 0.1) is 17.7 Å². The molecule has 1 N–H and O–H groups in total. The maximum absolute atomic E-state index is 13.6. The Kier molecular flexibility index (Phi) is 8.22. The molecule has 0 saturated carbocycles. The third-order valence-corrected chi connectivity index (χ3v) is 7.77. The molecule has 0 aromatic heterocycles. The third-order valence-electron chi connectivity index (χ3n) is 6.00. The topological polar surface area (TPSA) is 75.7 Å². The normalized spacial score (nSPS) is 12.6. The van der Waals surface area contributed by atoms with Crippen LogP contribution >= 0.6 is 0 Å². The number of nitrogens with zero attached hydrogens (tertiary/aromatic N) is 1. The summed E-state index contributed by atoms with van der Waals surface area (Å²) in [6.07, 6.45) is 0.696. The van der Waals surface area contributed by atoms with Crippen LogP contribution in [0, 0.1) is 6.92 Å². The predicted octanol–water partition coefficient (Wildman–Crippen LogP) is 5.07. The highest BCUT2D eigenvalue weighted by atomic mass is 32.2. The molecule has 3 aromatic carbocycles. The molecule has 6 nitrogen and oxygen atoms in total. The van der Waals surface area contributed by atoms with Gasteiger partial charge in [-0.3, -0.25) is 9.10 Å². The molecule has 35 heavy (non-hydrogen) atoms. The molecule has 0 saturated heterocycles. The second-order valence-corrected chi connectivity index (χ2v) is 11.3. The second-order valence-electron chi connectivity index (χ2n) is 9.42. The van der Waals surface area contributed by atoms with Gasteiger partial charge in [-0.2, -0.15) is 0 Å². The summed E-state index contributed by atoms with van der Waals surface area (Å²) in [4.78, 5) is 13.3. The van der Waals surface area contributed by atoms with Gasteiger partial charge in [-0.25, -0.2) is 8.42 Å². The zero-order chi connectivity index (χ0) is 25.6. The molecule has 3 aromatic rings. The number of sulfonamides is 1. The van der Waals surface area contributed by atoms with Crippen molar-refractivity contribution in [2.45, 2.75) is 50.5 Å². The third kappa shape index (κ3) is 6.42. The van der Waals surface area contributed by atoms with E-state index in [0.717, 1.165) is 9.87 Å². The first-order valence-corrected chi connectivity index (χ1v) is 13.1. The highest BCUT2D eigenvalue weighted by molar-refractivity contribution is 7.92. The largest absolute Gasteiger partial charge is 0.495 e. The Morgan fingerprint density at radius 2 is 1.60 bits per heavy atom. The van der Waals surface area contributed by atoms with Gasteiger partial charge >= 0.3 is 0 Å². The number of benzene rings is 3. The maximum atomic E-state index is 13.6. The molecule has 3 rings (SSSR count). The molecule has 0 aliphatic heterocycles. The summed E-state index contributed by atoms with van der Waals surface area (Å²) in [5.74, 6) is -0.00871. The van der Waals surface area contributed by atoms with Crippen LogP contribution in [0.2, 0.25) is 0 Å². The van der Waals surface area contributed by atoms with E-state index in [1.54, 1.807) is 30.3 Å². The van der Waals surface area contributed by atoms with Crippen molar-refractivity contribution < 1.29 is 17.9 Å². The van der Waals surface area contributed by atoms with Gasteiger partial charge in [0.1, 0.15) is 12.3 Å². The lowest BCUT2D eigenvalue weighted by atomic mass is 9.79. The van der Waals surface area contributed by atoms with Gasteiger partial charge in [0.15, 0.2) is 0 Å². The van der Waals surface area contributed by atoms with Crippen LogP contribution in [0.3, 0.4) is 0 Å². The van der Waals surface area contributed by atoms with Gasteiger partial charge in [-0.05, 0) is 61.1 Å². The van der Waals surface area contributed by atoms with Crippen molar-refractivity contribution in [1.82, 2.24) is 5.32 Å². The van der Waals surface area contributed by atoms with Gasteiger partial charge in [-0.15, -0.1) is 0 Å². The molecule has 0 radical (unpaired) electrons. The number of nitrogens with one attached hydrogen (secondary N) is 1. The zero-order valence-electron chi connectivity index (χ0n) is 21.0. The monoisotopic (exact) mass is 494 g/mol. The molecule has 1 amide bonds. The zero-order valence-corrected chi connectivity index (χ0v) is 21.8. The lowest BCUT2D eigenvalue weighted by molar-refractivity contribution is -0.120. The van der Waals surface area contributed by atoms with E-state index in [-0.39, 0.29) is 28.8 Å². The highest BCUT2D eigenvalue weighted by Crippen LogP contribution is 2.33. The van der Waals surface area contributed by atoms with Gasteiger partial charge in [0, 0.05) is 6.04 Å². The summed E-state index contributed by atoms with van der Waals surface area (Å²) < 4.78 is 33.9. The molecule has 0 fully saturated rings. The Bertz CT molecular complexity index is 1240. The highest BCUT2D eigenvalue weighted by Gasteiger charge is 2.30. The molecular formula is C28H34N2O4S. The fourth-order valence-corrected chi connectivity index (χ4v) is 5.73. The Morgan fingerprint density at radius 3 is 2.20 bits per heavy atom. The second kappa shape index (κ2) is 11.0. The summed E-state index contributed by atoms with van der Waals surface area (Å²) in [6, 6.07) is 23.3. The van der Waals surface area contributed by atoms with E-state index in [0.29, 0.717) is 17.9 Å². The fraction of sp³-hybridized carbons (Fsp3) is 0.321. The average molecular weight is 495 g/mol. The first kappa shape index (κ1) is 26.3. The molecule has 0 spiro atoms. The summed E-state index contributed by atoms with van der Waals surface area (Å²) >= 11 is 0. The number of hydrogen-bond donors (Lipinski definition) is 1. The van der Waals surface area contributed by atoms with Crippen LogP contribution in [0.1, 0.15) is 38.3 Å². The molecule has 1 unspecified atom stereocenters. The molecular weight excluding hydrogens is 460 g/mol. The van der Waals surface area contributed by atoms with Crippen LogP contribution in [0.5, 0.6) is 5.75 Å². The van der Waals surface area contributed by atoms with Crippen LogP contribution in [-0.4, -0.2) is 34.0 Å². The van der Waals surface area contributed by atoms with E-state index >= 15 is 0 Å². The number of amides is 1. The van der Waals surface area contributed by atoms with E-state index < -0.39 is 10.0 Å². The minimum absolute atomic E-state index is 0.106. The number of ether oxygens (including phenoxy) is 1. The van der Waals surface area contributed by atoms with E-state index in [4.69, 9.17) is 4.74 Å². The minimum atomic E-state index is -4.02. The number of aryl methyl sites for hydroxylation is 1. The van der Waals surface area contributed by atoms with E-state index in [2.05, 4.69) is 31.3 Å². The van der Waals surface area contributed by atoms with Crippen molar-refractivity contribution in [1.29, 1.82) is 0 Å². The van der Waals surface area contributed by atoms with Gasteiger partial charge in [0.25, 0.3) is 10.0 Å². The standard InChI is InChI=1S/C28H34N2O4S/c1-21-16-17-26(34-5)25(18-21)30(35(32,33)24-14-10-7-11-15-24)20-27(31)29-22(2)19-28(3,4)23-12-8-6-9-13-23/h6-18,22H,19-20H2,1-5H3,(H,29,31). The van der Waals surface area contributed by atoms with Crippen LogP contribution < -0.4 is 14.4 Å². The number of methoxy groups -OCH3 is 1. The maximum Gasteiger partial charge on any atom is 0.264 e. The van der Waals surface area contributed by atoms with E-state index in [9.17, 15) is 13.2 Å². The molecule has 0 bridgehead atoms. The molecule has 0 aliphatic rings. The average Bonchev–Trinajstić information content (AvgIpc) is 2.83. The number of rotatable bonds is 10. The summed E-state index contributed by atoms with van der Waals surface area (Å²) in [5.41, 5.74) is 2.19. The van der Waals surface area contributed by atoms with Crippen LogP contribution in [0.25, 0.3) is 0 Å². The first-order chi connectivity index (χ1) is 16.5. The van der Waals surface area contributed by atoms with Crippen molar-refractivity contribution in [3.8, 4) is 5.75 Å². The predicted molar refractivity (Wildman–Crippen MR) is 140 cm³/mol. The number of carbonyl (C=O) groups excluding carboxylic acids is 1. The molecule has 7 heteroatoms. The summed E-state index contributed by atoms with van der Waals surface area (Å²) in [7, 11) is -2.54. The molecule has 1 atom stereocenters. The van der Waals surface area contributed by atoms with Crippen molar-refractivity contribution in [3.05, 3.63) is 90.0 Å².